The molecule has 0 unspecified atom stereocenters. The maximum absolute atomic E-state index is 13.2. The van der Waals surface area contributed by atoms with E-state index in [4.69, 9.17) is 18.6 Å². The fraction of sp³-hybridized carbons (Fsp3) is 0.120. The zero-order chi connectivity index (χ0) is 22.5. The maximum Gasteiger partial charge on any atom is 0.261 e. The normalized spacial score (nSPS) is 11.3. The van der Waals surface area contributed by atoms with E-state index in [2.05, 4.69) is 10.3 Å². The number of para-hydroxylation sites is 1. The van der Waals surface area contributed by atoms with Crippen molar-refractivity contribution in [2.75, 3.05) is 26.6 Å². The van der Waals surface area contributed by atoms with E-state index in [1.54, 1.807) is 69.9 Å². The third kappa shape index (κ3) is 4.41. The molecule has 0 bridgehead atoms. The van der Waals surface area contributed by atoms with Gasteiger partial charge in [0.2, 0.25) is 5.55 Å². The van der Waals surface area contributed by atoms with E-state index in [0.29, 0.717) is 34.2 Å². The highest BCUT2D eigenvalue weighted by Crippen LogP contribution is 2.31. The van der Waals surface area contributed by atoms with Crippen molar-refractivity contribution in [1.29, 1.82) is 0 Å². The quantitative estimate of drug-likeness (QED) is 0.468. The minimum atomic E-state index is -0.356. The summed E-state index contributed by atoms with van der Waals surface area (Å²) in [5.74, 6) is 1.47. The van der Waals surface area contributed by atoms with E-state index >= 15 is 0 Å². The predicted molar refractivity (Wildman–Crippen MR) is 122 cm³/mol. The minimum Gasteiger partial charge on any atom is -0.497 e. The van der Waals surface area contributed by atoms with Gasteiger partial charge in [-0.25, -0.2) is 4.99 Å². The molecular formula is C25H22N2O5. The van der Waals surface area contributed by atoms with Gasteiger partial charge < -0.3 is 23.9 Å². The van der Waals surface area contributed by atoms with Crippen LogP contribution in [0.4, 0.5) is 11.4 Å². The second-order valence-electron chi connectivity index (χ2n) is 6.84. The molecule has 1 aromatic heterocycles. The summed E-state index contributed by atoms with van der Waals surface area (Å²) in [6.45, 7) is 0. The van der Waals surface area contributed by atoms with E-state index in [9.17, 15) is 4.79 Å². The third-order valence-corrected chi connectivity index (χ3v) is 4.86. The molecule has 0 spiro atoms. The zero-order valence-corrected chi connectivity index (χ0v) is 17.9. The Hall–Kier alpha value is -4.26. The Morgan fingerprint density at radius 2 is 1.56 bits per heavy atom. The molecule has 0 radical (unpaired) electrons. The third-order valence-electron chi connectivity index (χ3n) is 4.86. The number of hydrogen-bond donors (Lipinski definition) is 1. The van der Waals surface area contributed by atoms with Crippen molar-refractivity contribution in [1.82, 2.24) is 0 Å². The summed E-state index contributed by atoms with van der Waals surface area (Å²) in [7, 11) is 4.71. The summed E-state index contributed by atoms with van der Waals surface area (Å²) >= 11 is 0. The molecule has 0 atom stereocenters. The highest BCUT2D eigenvalue weighted by Gasteiger charge is 2.14. The zero-order valence-electron chi connectivity index (χ0n) is 17.9. The summed E-state index contributed by atoms with van der Waals surface area (Å²) in [4.78, 5) is 17.8. The van der Waals surface area contributed by atoms with Crippen LogP contribution in [0.2, 0.25) is 0 Å². The summed E-state index contributed by atoms with van der Waals surface area (Å²) < 4.78 is 21.9. The monoisotopic (exact) mass is 430 g/mol. The summed E-state index contributed by atoms with van der Waals surface area (Å²) in [5, 5.41) is 3.66. The first-order valence-electron chi connectivity index (χ1n) is 9.86. The van der Waals surface area contributed by atoms with E-state index in [1.807, 2.05) is 24.3 Å². The molecule has 1 N–H and O–H groups in total. The summed E-state index contributed by atoms with van der Waals surface area (Å²) in [5.41, 5.74) is 2.14. The van der Waals surface area contributed by atoms with Gasteiger partial charge in [-0.3, -0.25) is 4.79 Å². The molecule has 3 aromatic carbocycles. The number of fused-ring (bicyclic) bond motifs is 1. The first kappa shape index (κ1) is 21.0. The number of nitrogens with zero attached hydrogens (tertiary/aromatic N) is 1. The van der Waals surface area contributed by atoms with Crippen molar-refractivity contribution in [3.63, 3.8) is 0 Å². The molecule has 0 saturated heterocycles. The van der Waals surface area contributed by atoms with Crippen LogP contribution in [0.15, 0.2) is 82.2 Å². The number of nitrogens with one attached hydrogen (secondary N) is 1. The van der Waals surface area contributed by atoms with Gasteiger partial charge in [0.15, 0.2) is 0 Å². The van der Waals surface area contributed by atoms with Gasteiger partial charge in [-0.15, -0.1) is 0 Å². The lowest BCUT2D eigenvalue weighted by molar-refractivity contribution is 0.102. The maximum atomic E-state index is 13.2. The largest absolute Gasteiger partial charge is 0.497 e. The average Bonchev–Trinajstić information content (AvgIpc) is 2.84. The number of rotatable bonds is 6. The van der Waals surface area contributed by atoms with Crippen molar-refractivity contribution in [2.24, 2.45) is 4.99 Å². The SMILES string of the molecule is COc1ccc(NC(=O)c2cc3ccccc3oc2=Nc2cc(OC)ccc2OC)cc1. The molecule has 1 heterocycles. The van der Waals surface area contributed by atoms with Crippen LogP contribution in [-0.2, 0) is 0 Å². The fourth-order valence-electron chi connectivity index (χ4n) is 3.18. The van der Waals surface area contributed by atoms with Crippen LogP contribution in [0.3, 0.4) is 0 Å². The van der Waals surface area contributed by atoms with Crippen LogP contribution in [0.5, 0.6) is 17.2 Å². The topological polar surface area (TPSA) is 82.3 Å². The minimum absolute atomic E-state index is 0.154. The molecule has 4 aromatic rings. The Kier molecular flexibility index (Phi) is 6.07. The molecule has 0 fully saturated rings. The van der Waals surface area contributed by atoms with E-state index in [1.165, 1.54) is 0 Å². The van der Waals surface area contributed by atoms with Gasteiger partial charge >= 0.3 is 0 Å². The van der Waals surface area contributed by atoms with Gasteiger partial charge in [-0.05, 0) is 48.5 Å². The first-order valence-corrected chi connectivity index (χ1v) is 9.86. The number of carbonyl (C=O) groups is 1. The lowest BCUT2D eigenvalue weighted by atomic mass is 10.1. The standard InChI is InChI=1S/C25H22N2O5/c1-29-18-10-8-17(9-11-18)26-24(28)20-14-16-6-4-5-7-22(16)32-25(20)27-21-15-19(30-2)12-13-23(21)31-3/h4-15H,1-3H3,(H,26,28). The van der Waals surface area contributed by atoms with Gasteiger partial charge in [0.1, 0.15) is 34.1 Å². The smallest absolute Gasteiger partial charge is 0.261 e. The number of amides is 1. The first-order chi connectivity index (χ1) is 15.6. The van der Waals surface area contributed by atoms with Crippen LogP contribution in [0, 0.1) is 0 Å². The Labute approximate surface area is 184 Å². The van der Waals surface area contributed by atoms with Crippen LogP contribution >= 0.6 is 0 Å². The highest BCUT2D eigenvalue weighted by atomic mass is 16.5. The molecule has 162 valence electrons. The van der Waals surface area contributed by atoms with Gasteiger partial charge in [0.25, 0.3) is 5.91 Å². The summed E-state index contributed by atoms with van der Waals surface area (Å²) in [6, 6.07) is 21.5. The fourth-order valence-corrected chi connectivity index (χ4v) is 3.18. The van der Waals surface area contributed by atoms with Crippen LogP contribution in [-0.4, -0.2) is 27.2 Å². The Balaban J connectivity index is 1.84. The molecule has 7 heteroatoms. The van der Waals surface area contributed by atoms with Crippen LogP contribution in [0.1, 0.15) is 10.4 Å². The average molecular weight is 430 g/mol. The predicted octanol–water partition coefficient (Wildman–Crippen LogP) is 4.94. The van der Waals surface area contributed by atoms with E-state index < -0.39 is 0 Å². The van der Waals surface area contributed by atoms with E-state index in [0.717, 1.165) is 5.39 Å². The molecule has 4 rings (SSSR count). The Morgan fingerprint density at radius 3 is 2.28 bits per heavy atom. The Bertz CT molecular complexity index is 1330. The molecule has 0 aliphatic heterocycles. The van der Waals surface area contributed by atoms with Crippen LogP contribution in [0.25, 0.3) is 11.0 Å². The number of carbonyl (C=O) groups excluding carboxylic acids is 1. The number of anilines is 1. The highest BCUT2D eigenvalue weighted by molar-refractivity contribution is 6.05. The molecule has 0 saturated carbocycles. The molecule has 0 aliphatic rings. The van der Waals surface area contributed by atoms with Crippen LogP contribution < -0.4 is 25.1 Å². The van der Waals surface area contributed by atoms with E-state index in [-0.39, 0.29) is 17.0 Å². The summed E-state index contributed by atoms with van der Waals surface area (Å²) in [6.07, 6.45) is 0. The lowest BCUT2D eigenvalue weighted by Crippen LogP contribution is -2.21. The molecule has 1 amide bonds. The Morgan fingerprint density at radius 1 is 0.844 bits per heavy atom. The second kappa shape index (κ2) is 9.26. The van der Waals surface area contributed by atoms with Crippen molar-refractivity contribution in [3.05, 3.63) is 83.9 Å². The molecule has 32 heavy (non-hydrogen) atoms. The molecule has 0 aliphatic carbocycles. The van der Waals surface area contributed by atoms with Gasteiger partial charge in [-0.1, -0.05) is 18.2 Å². The van der Waals surface area contributed by atoms with Crippen molar-refractivity contribution >= 4 is 28.3 Å². The number of ether oxygens (including phenoxy) is 3. The number of benzene rings is 3. The van der Waals surface area contributed by atoms with Gasteiger partial charge in [-0.2, -0.15) is 0 Å². The van der Waals surface area contributed by atoms with Gasteiger partial charge in [0.05, 0.1) is 21.3 Å². The van der Waals surface area contributed by atoms with Gasteiger partial charge in [0, 0.05) is 17.1 Å². The molecular weight excluding hydrogens is 408 g/mol. The van der Waals surface area contributed by atoms with Crippen molar-refractivity contribution in [3.8, 4) is 17.2 Å². The number of methoxy groups -OCH3 is 3. The number of hydrogen-bond acceptors (Lipinski definition) is 6. The second-order valence-corrected chi connectivity index (χ2v) is 6.84. The van der Waals surface area contributed by atoms with Crippen molar-refractivity contribution in [2.45, 2.75) is 0 Å². The lowest BCUT2D eigenvalue weighted by Gasteiger charge is -2.09. The van der Waals surface area contributed by atoms with Crippen molar-refractivity contribution < 1.29 is 23.4 Å². The molecule has 7 nitrogen and oxygen atoms in total.